The average Bonchev–Trinajstić information content (AvgIpc) is 3.71. The summed E-state index contributed by atoms with van der Waals surface area (Å²) in [4.78, 5) is 28.6. The quantitative estimate of drug-likeness (QED) is 0.0616. The Labute approximate surface area is 344 Å². The first-order chi connectivity index (χ1) is 28.4. The first-order valence-corrected chi connectivity index (χ1v) is 20.9. The molecule has 2 heterocycles. The Balaban J connectivity index is 1.05. The van der Waals surface area contributed by atoms with Gasteiger partial charge in [-0.3, -0.25) is 9.59 Å². The average molecular weight is 796 g/mol. The van der Waals surface area contributed by atoms with Crippen LogP contribution in [0.3, 0.4) is 0 Å². The predicted molar refractivity (Wildman–Crippen MR) is 227 cm³/mol. The number of hydrogen-bond donors (Lipinski definition) is 3. The fraction of sp³-hybridized carbons (Fsp3) is 0.271. The first kappa shape index (κ1) is 40.7. The number of carbonyl (C=O) groups is 2. The van der Waals surface area contributed by atoms with Crippen molar-refractivity contribution in [2.45, 2.75) is 75.9 Å². The zero-order chi connectivity index (χ0) is 40.1. The predicted octanol–water partition coefficient (Wildman–Crippen LogP) is 9.82. The van der Waals surface area contributed by atoms with Crippen LogP contribution in [0.5, 0.6) is 0 Å². The summed E-state index contributed by atoms with van der Waals surface area (Å²) in [5.41, 5.74) is 8.56. The molecule has 3 N–H and O–H groups in total. The maximum atomic E-state index is 12.6. The lowest BCUT2D eigenvalue weighted by atomic mass is 9.99. The molecule has 1 aromatic heterocycles. The van der Waals surface area contributed by atoms with Crippen LogP contribution in [0, 0.1) is 0 Å². The Morgan fingerprint density at radius 3 is 2.17 bits per heavy atom. The molecular weight excluding hydrogens is 747 g/mol. The van der Waals surface area contributed by atoms with Crippen LogP contribution < -0.4 is 10.6 Å². The minimum Gasteiger partial charge on any atom is -0.431 e. The van der Waals surface area contributed by atoms with E-state index in [9.17, 15) is 14.7 Å². The molecular formula is C48H49N3O6S. The van der Waals surface area contributed by atoms with Crippen molar-refractivity contribution in [2.24, 2.45) is 0 Å². The van der Waals surface area contributed by atoms with Crippen molar-refractivity contribution >= 4 is 23.6 Å². The number of carbonyl (C=O) groups excluding carboxylic acids is 2. The number of oxazole rings is 1. The Kier molecular flexibility index (Phi) is 14.2. The first-order valence-electron chi connectivity index (χ1n) is 19.9. The molecule has 5 aromatic carbocycles. The third-order valence-corrected chi connectivity index (χ3v) is 11.0. The van der Waals surface area contributed by atoms with Crippen LogP contribution >= 0.6 is 11.8 Å². The third-order valence-electron chi connectivity index (χ3n) is 10.1. The van der Waals surface area contributed by atoms with E-state index >= 15 is 0 Å². The van der Waals surface area contributed by atoms with Gasteiger partial charge in [-0.1, -0.05) is 140 Å². The standard InChI is InChI=1S/C48H49N3O6S/c1-33(53)49-26-10-4-9-21-44(54)50-30-35-13-11-18-39(27-35)40-19-12-20-41(28-40)47-55-42(29-43(56-47)36-24-22-34(31-52)23-25-36)32-58-48-51-45(37-14-5-2-6-15-37)46(57-48)38-16-7-3-8-17-38/h2-3,5-8,11-20,22-25,27-28,42-43,47,52H,4,9-10,21,26,29-32H2,1H3,(H,49,53)(H,50,54)/t42-,43+,47+/m1/s1. The number of aromatic nitrogens is 1. The van der Waals surface area contributed by atoms with Gasteiger partial charge in [0.25, 0.3) is 5.22 Å². The van der Waals surface area contributed by atoms with Crippen molar-refractivity contribution < 1.29 is 28.6 Å². The smallest absolute Gasteiger partial charge is 0.256 e. The van der Waals surface area contributed by atoms with Gasteiger partial charge in [-0.2, -0.15) is 0 Å². The van der Waals surface area contributed by atoms with E-state index in [1.165, 1.54) is 18.7 Å². The third kappa shape index (κ3) is 11.1. The van der Waals surface area contributed by atoms with Crippen LogP contribution in [0.25, 0.3) is 33.7 Å². The van der Waals surface area contributed by atoms with Gasteiger partial charge in [0.1, 0.15) is 5.69 Å². The normalized spacial score (nSPS) is 16.5. The summed E-state index contributed by atoms with van der Waals surface area (Å²) in [5, 5.41) is 16.1. The number of benzene rings is 5. The molecule has 1 fully saturated rings. The molecule has 0 unspecified atom stereocenters. The Hall–Kier alpha value is -5.52. The number of rotatable bonds is 17. The van der Waals surface area contributed by atoms with Crippen LogP contribution in [-0.2, 0) is 32.2 Å². The highest BCUT2D eigenvalue weighted by atomic mass is 32.2. The molecule has 1 aliphatic rings. The van der Waals surface area contributed by atoms with Crippen LogP contribution in [0.1, 0.15) is 73.7 Å². The van der Waals surface area contributed by atoms with Crippen molar-refractivity contribution in [1.29, 1.82) is 0 Å². The summed E-state index contributed by atoms with van der Waals surface area (Å²) in [6.07, 6.45) is 2.55. The van der Waals surface area contributed by atoms with E-state index in [0.29, 0.717) is 36.9 Å². The number of aliphatic hydroxyl groups is 1. The summed E-state index contributed by atoms with van der Waals surface area (Å²) in [6, 6.07) is 44.5. The molecule has 0 saturated carbocycles. The largest absolute Gasteiger partial charge is 0.431 e. The van der Waals surface area contributed by atoms with Crippen molar-refractivity contribution in [1.82, 2.24) is 15.6 Å². The number of nitrogens with one attached hydrogen (secondary N) is 2. The monoisotopic (exact) mass is 795 g/mol. The van der Waals surface area contributed by atoms with E-state index in [2.05, 4.69) is 34.9 Å². The van der Waals surface area contributed by atoms with Gasteiger partial charge in [0.15, 0.2) is 12.1 Å². The van der Waals surface area contributed by atoms with E-state index in [0.717, 1.165) is 75.2 Å². The molecule has 0 aliphatic carbocycles. The van der Waals surface area contributed by atoms with Crippen molar-refractivity contribution in [3.63, 3.8) is 0 Å². The second-order valence-electron chi connectivity index (χ2n) is 14.4. The van der Waals surface area contributed by atoms with E-state index in [1.54, 1.807) is 0 Å². The molecule has 2 amide bonds. The van der Waals surface area contributed by atoms with Crippen LogP contribution in [0.4, 0.5) is 0 Å². The van der Waals surface area contributed by atoms with E-state index < -0.39 is 6.29 Å². The topological polar surface area (TPSA) is 123 Å². The van der Waals surface area contributed by atoms with Gasteiger partial charge in [0.2, 0.25) is 11.8 Å². The minimum absolute atomic E-state index is 0.0166. The number of ether oxygens (including phenoxy) is 2. The molecule has 9 nitrogen and oxygen atoms in total. The molecule has 1 saturated heterocycles. The van der Waals surface area contributed by atoms with Gasteiger partial charge in [-0.25, -0.2) is 4.98 Å². The molecule has 7 rings (SSSR count). The Morgan fingerprint density at radius 1 is 0.724 bits per heavy atom. The molecule has 0 spiro atoms. The highest BCUT2D eigenvalue weighted by Crippen LogP contribution is 2.41. The van der Waals surface area contributed by atoms with Crippen LogP contribution in [0.2, 0.25) is 0 Å². The van der Waals surface area contributed by atoms with Gasteiger partial charge in [-0.05, 0) is 52.8 Å². The maximum absolute atomic E-state index is 12.6. The lowest BCUT2D eigenvalue weighted by Gasteiger charge is -2.36. The molecule has 6 aromatic rings. The number of aliphatic hydroxyl groups excluding tert-OH is 1. The Bertz CT molecular complexity index is 2190. The van der Waals surface area contributed by atoms with Crippen LogP contribution in [-0.4, -0.2) is 40.3 Å². The summed E-state index contributed by atoms with van der Waals surface area (Å²) < 4.78 is 19.9. The number of hydrogen-bond acceptors (Lipinski definition) is 8. The van der Waals surface area contributed by atoms with Gasteiger partial charge < -0.3 is 29.6 Å². The summed E-state index contributed by atoms with van der Waals surface area (Å²) in [6.45, 7) is 2.56. The molecule has 0 radical (unpaired) electrons. The SMILES string of the molecule is CC(=O)NCCCCCC(=O)NCc1cccc(-c2cccc([C@H]3O[C@@H](CSc4nc(-c5ccccc5)c(-c5ccccc5)o4)C[C@@H](c4ccc(CO)cc4)O3)c2)c1. The zero-order valence-corrected chi connectivity index (χ0v) is 33.5. The summed E-state index contributed by atoms with van der Waals surface area (Å²) >= 11 is 1.53. The molecule has 1 aliphatic heterocycles. The van der Waals surface area contributed by atoms with Gasteiger partial charge in [0.05, 0.1) is 18.8 Å². The van der Waals surface area contributed by atoms with Gasteiger partial charge in [0, 0.05) is 55.3 Å². The van der Waals surface area contributed by atoms with Gasteiger partial charge in [-0.15, -0.1) is 0 Å². The van der Waals surface area contributed by atoms with Crippen LogP contribution in [0.15, 0.2) is 143 Å². The van der Waals surface area contributed by atoms with Crippen molar-refractivity contribution in [2.75, 3.05) is 12.3 Å². The van der Waals surface area contributed by atoms with E-state index in [4.69, 9.17) is 18.9 Å². The van der Waals surface area contributed by atoms with E-state index in [-0.39, 0.29) is 30.6 Å². The van der Waals surface area contributed by atoms with Gasteiger partial charge >= 0.3 is 0 Å². The molecule has 298 valence electrons. The second kappa shape index (κ2) is 20.3. The zero-order valence-electron chi connectivity index (χ0n) is 32.6. The highest BCUT2D eigenvalue weighted by molar-refractivity contribution is 7.99. The molecule has 58 heavy (non-hydrogen) atoms. The molecule has 0 bridgehead atoms. The second-order valence-corrected chi connectivity index (χ2v) is 15.4. The number of nitrogens with zero attached hydrogens (tertiary/aromatic N) is 1. The lowest BCUT2D eigenvalue weighted by Crippen LogP contribution is -2.31. The highest BCUT2D eigenvalue weighted by Gasteiger charge is 2.33. The number of amides is 2. The lowest BCUT2D eigenvalue weighted by molar-refractivity contribution is -0.245. The molecule has 10 heteroatoms. The fourth-order valence-corrected chi connectivity index (χ4v) is 7.83. The molecule has 3 atom stereocenters. The van der Waals surface area contributed by atoms with Crippen molar-refractivity contribution in [3.05, 3.63) is 156 Å². The summed E-state index contributed by atoms with van der Waals surface area (Å²) in [7, 11) is 0. The minimum atomic E-state index is -0.633. The van der Waals surface area contributed by atoms with E-state index in [1.807, 2.05) is 109 Å². The number of thioether (sulfide) groups is 1. The van der Waals surface area contributed by atoms with Crippen molar-refractivity contribution in [3.8, 4) is 33.7 Å². The maximum Gasteiger partial charge on any atom is 0.256 e. The fourth-order valence-electron chi connectivity index (χ4n) is 6.99. The summed E-state index contributed by atoms with van der Waals surface area (Å²) in [5.74, 6) is 1.31. The Morgan fingerprint density at radius 2 is 1.43 bits per heavy atom. The number of unbranched alkanes of at least 4 members (excludes halogenated alkanes) is 2.